The van der Waals surface area contributed by atoms with Crippen LogP contribution in [-0.4, -0.2) is 53.3 Å². The molecule has 93 valence electrons. The summed E-state index contributed by atoms with van der Waals surface area (Å²) in [6.07, 6.45) is 1.60. The average Bonchev–Trinajstić information content (AvgIpc) is 2.33. The first-order valence-corrected chi connectivity index (χ1v) is 7.75. The molecule has 0 amide bonds. The third-order valence-electron chi connectivity index (χ3n) is 3.30. The second kappa shape index (κ2) is 4.73. The van der Waals surface area contributed by atoms with Gasteiger partial charge in [-0.15, -0.1) is 0 Å². The lowest BCUT2D eigenvalue weighted by Gasteiger charge is -2.38. The van der Waals surface area contributed by atoms with Gasteiger partial charge in [-0.05, 0) is 24.5 Å². The molecule has 1 aliphatic heterocycles. The molecule has 0 saturated carbocycles. The van der Waals surface area contributed by atoms with Crippen LogP contribution in [0, 0.1) is 0 Å². The van der Waals surface area contributed by atoms with Gasteiger partial charge >= 0.3 is 5.97 Å². The van der Waals surface area contributed by atoms with Crippen LogP contribution < -0.4 is 5.30 Å². The van der Waals surface area contributed by atoms with Gasteiger partial charge in [0.25, 0.3) is 0 Å². The molecule has 0 aromatic heterocycles. The van der Waals surface area contributed by atoms with Crippen LogP contribution in [0.2, 0.25) is 0 Å². The Kier molecular flexibility index (Phi) is 3.48. The zero-order valence-corrected chi connectivity index (χ0v) is 10.7. The summed E-state index contributed by atoms with van der Waals surface area (Å²) in [5.41, 5.74) is 0.273. The average molecular weight is 254 g/mol. The van der Waals surface area contributed by atoms with Gasteiger partial charge in [0.15, 0.2) is 0 Å². The Morgan fingerprint density at radius 2 is 1.76 bits per heavy atom. The summed E-state index contributed by atoms with van der Waals surface area (Å²) in [7, 11) is 0.0148. The summed E-state index contributed by atoms with van der Waals surface area (Å²) in [6, 6.07) is 6.69. The number of hydrogen-bond donors (Lipinski definition) is 2. The molecule has 0 atom stereocenters. The van der Waals surface area contributed by atoms with E-state index in [1.807, 2.05) is 0 Å². The quantitative estimate of drug-likeness (QED) is 0.769. The van der Waals surface area contributed by atoms with Crippen LogP contribution in [0.4, 0.5) is 0 Å². The largest absolute Gasteiger partial charge is 0.478 e. The van der Waals surface area contributed by atoms with Crippen LogP contribution in [-0.2, 0) is 0 Å². The zero-order chi connectivity index (χ0) is 12.5. The molecule has 1 aromatic carbocycles. The van der Waals surface area contributed by atoms with E-state index in [0.717, 1.165) is 30.7 Å². The van der Waals surface area contributed by atoms with Crippen molar-refractivity contribution in [1.82, 2.24) is 4.90 Å². The highest BCUT2D eigenvalue weighted by Gasteiger charge is 2.30. The summed E-state index contributed by atoms with van der Waals surface area (Å²) >= 11 is 0. The molecular weight excluding hydrogens is 237 g/mol. The summed E-state index contributed by atoms with van der Waals surface area (Å²) in [4.78, 5) is 23.6. The molecule has 5 heteroatoms. The number of benzene rings is 1. The standard InChI is InChI=1S/C12H17NO3P/c1-13-6-8-17(16,9-7-13)11-4-2-10(3-5-11)12(14)15/h2-5,16H,6-9H2,1H3,(H,14,15). The van der Waals surface area contributed by atoms with Crippen molar-refractivity contribution in [1.29, 1.82) is 0 Å². The molecule has 2 rings (SSSR count). The van der Waals surface area contributed by atoms with Crippen LogP contribution in [0.1, 0.15) is 10.4 Å². The van der Waals surface area contributed by atoms with Gasteiger partial charge in [0.05, 0.1) is 5.56 Å². The SMILES string of the molecule is CN1CC[P](O)(c2ccc(C(=O)O)cc2)CC1. The Hall–Kier alpha value is -0.960. The van der Waals surface area contributed by atoms with E-state index in [4.69, 9.17) is 5.11 Å². The maximum Gasteiger partial charge on any atom is 0.335 e. The lowest BCUT2D eigenvalue weighted by atomic mass is 10.2. The molecule has 0 spiro atoms. The molecule has 1 aliphatic rings. The fraction of sp³-hybridized carbons (Fsp3) is 0.417. The summed E-state index contributed by atoms with van der Waals surface area (Å²) in [6.45, 7) is 1.82. The molecule has 0 aliphatic carbocycles. The van der Waals surface area contributed by atoms with Crippen molar-refractivity contribution in [3.8, 4) is 0 Å². The van der Waals surface area contributed by atoms with Crippen molar-refractivity contribution >= 4 is 18.8 Å². The minimum atomic E-state index is -2.04. The van der Waals surface area contributed by atoms with E-state index in [-0.39, 0.29) is 5.56 Å². The first-order valence-electron chi connectivity index (χ1n) is 5.63. The van der Waals surface area contributed by atoms with Crippen molar-refractivity contribution in [2.75, 3.05) is 32.5 Å². The van der Waals surface area contributed by atoms with E-state index in [9.17, 15) is 9.69 Å². The number of hydrogen-bond acceptors (Lipinski definition) is 3. The maximum atomic E-state index is 10.8. The predicted molar refractivity (Wildman–Crippen MR) is 69.4 cm³/mol. The highest BCUT2D eigenvalue weighted by atomic mass is 31.2. The highest BCUT2D eigenvalue weighted by Crippen LogP contribution is 2.54. The van der Waals surface area contributed by atoms with Gasteiger partial charge in [0.1, 0.15) is 0 Å². The van der Waals surface area contributed by atoms with Crippen molar-refractivity contribution in [3.63, 3.8) is 0 Å². The van der Waals surface area contributed by atoms with Gasteiger partial charge < -0.3 is 14.9 Å². The highest BCUT2D eigenvalue weighted by molar-refractivity contribution is 7.77. The molecule has 1 aromatic rings. The predicted octanol–water partition coefficient (Wildman–Crippen LogP) is 0.880. The maximum absolute atomic E-state index is 10.8. The molecular formula is C12H17NO3P. The number of carbonyl (C=O) groups is 1. The Labute approximate surface area is 101 Å². The molecule has 2 N–H and O–H groups in total. The van der Waals surface area contributed by atoms with E-state index in [1.165, 1.54) is 0 Å². The molecule has 1 radical (unpaired) electrons. The van der Waals surface area contributed by atoms with Crippen LogP contribution in [0.15, 0.2) is 24.3 Å². The third-order valence-corrected chi connectivity index (χ3v) is 6.44. The Morgan fingerprint density at radius 3 is 2.24 bits per heavy atom. The van der Waals surface area contributed by atoms with Gasteiger partial charge in [-0.2, -0.15) is 0 Å². The fourth-order valence-corrected chi connectivity index (χ4v) is 4.82. The van der Waals surface area contributed by atoms with E-state index < -0.39 is 13.5 Å². The normalized spacial score (nSPS) is 20.1. The van der Waals surface area contributed by atoms with Crippen molar-refractivity contribution in [3.05, 3.63) is 29.8 Å². The first kappa shape index (κ1) is 12.5. The van der Waals surface area contributed by atoms with Crippen molar-refractivity contribution in [2.45, 2.75) is 0 Å². The Morgan fingerprint density at radius 1 is 1.24 bits per heavy atom. The van der Waals surface area contributed by atoms with Gasteiger partial charge in [0, 0.05) is 32.9 Å². The molecule has 0 unspecified atom stereocenters. The minimum absolute atomic E-state index is 0.273. The van der Waals surface area contributed by atoms with Gasteiger partial charge in [-0.1, -0.05) is 12.1 Å². The molecule has 0 bridgehead atoms. The summed E-state index contributed by atoms with van der Waals surface area (Å²) in [5, 5.41) is 9.75. The van der Waals surface area contributed by atoms with E-state index in [1.54, 1.807) is 24.3 Å². The van der Waals surface area contributed by atoms with Crippen LogP contribution in [0.3, 0.4) is 0 Å². The van der Waals surface area contributed by atoms with E-state index in [2.05, 4.69) is 11.9 Å². The number of aromatic carboxylic acids is 1. The number of carboxylic acids is 1. The van der Waals surface area contributed by atoms with Crippen LogP contribution in [0.25, 0.3) is 0 Å². The molecule has 17 heavy (non-hydrogen) atoms. The first-order chi connectivity index (χ1) is 8.01. The lowest BCUT2D eigenvalue weighted by molar-refractivity contribution is 0.0697. The Bertz CT molecular complexity index is 410. The zero-order valence-electron chi connectivity index (χ0n) is 9.83. The van der Waals surface area contributed by atoms with Gasteiger partial charge in [-0.25, -0.2) is 4.79 Å². The molecule has 4 nitrogen and oxygen atoms in total. The second-order valence-corrected chi connectivity index (χ2v) is 7.78. The summed E-state index contributed by atoms with van der Waals surface area (Å²) in [5.74, 6) is -0.926. The Balaban J connectivity index is 2.19. The van der Waals surface area contributed by atoms with Gasteiger partial charge in [0.2, 0.25) is 0 Å². The van der Waals surface area contributed by atoms with Crippen molar-refractivity contribution < 1.29 is 14.8 Å². The van der Waals surface area contributed by atoms with E-state index in [0.29, 0.717) is 0 Å². The van der Waals surface area contributed by atoms with Gasteiger partial charge in [-0.3, -0.25) is 0 Å². The second-order valence-electron chi connectivity index (χ2n) is 4.53. The number of nitrogens with zero attached hydrogens (tertiary/aromatic N) is 1. The topological polar surface area (TPSA) is 60.8 Å². The van der Waals surface area contributed by atoms with Crippen molar-refractivity contribution in [2.24, 2.45) is 0 Å². The molecule has 1 saturated heterocycles. The third kappa shape index (κ3) is 2.65. The smallest absolute Gasteiger partial charge is 0.335 e. The molecule has 1 fully saturated rings. The lowest BCUT2D eigenvalue weighted by Crippen LogP contribution is -2.36. The molecule has 1 heterocycles. The van der Waals surface area contributed by atoms with Crippen LogP contribution in [0.5, 0.6) is 0 Å². The van der Waals surface area contributed by atoms with E-state index >= 15 is 0 Å². The fourth-order valence-electron chi connectivity index (χ4n) is 2.04. The summed E-state index contributed by atoms with van der Waals surface area (Å²) < 4.78 is 0. The monoisotopic (exact) mass is 254 g/mol. The number of carboxylic acid groups (broad SMARTS) is 1. The minimum Gasteiger partial charge on any atom is -0.478 e. The van der Waals surface area contributed by atoms with Crippen LogP contribution >= 0.6 is 7.49 Å². The number of rotatable bonds is 2.